The van der Waals surface area contributed by atoms with Crippen LogP contribution in [0.5, 0.6) is 0 Å². The van der Waals surface area contributed by atoms with Crippen molar-refractivity contribution in [3.8, 4) is 0 Å². The Kier molecular flexibility index (Phi) is 6.26. The van der Waals surface area contributed by atoms with Crippen molar-refractivity contribution in [3.63, 3.8) is 0 Å². The number of nitrogens with one attached hydrogen (secondary N) is 3. The molecule has 1 aliphatic heterocycles. The first kappa shape index (κ1) is 20.2. The van der Waals surface area contributed by atoms with Crippen molar-refractivity contribution >= 4 is 29.2 Å². The Balaban J connectivity index is 0.00000243. The Morgan fingerprint density at radius 2 is 1.96 bits per heavy atom. The second-order valence-electron chi connectivity index (χ2n) is 6.98. The highest BCUT2D eigenvalue weighted by Crippen LogP contribution is 2.26. The minimum Gasteiger partial charge on any atom is -0.351 e. The second-order valence-corrected chi connectivity index (χ2v) is 6.98. The largest absolute Gasteiger partial charge is 0.351 e. The van der Waals surface area contributed by atoms with E-state index in [2.05, 4.69) is 22.5 Å². The van der Waals surface area contributed by atoms with Gasteiger partial charge in [0.1, 0.15) is 0 Å². The van der Waals surface area contributed by atoms with Crippen LogP contribution in [-0.4, -0.2) is 35.1 Å². The highest BCUT2D eigenvalue weighted by molar-refractivity contribution is 5.97. The number of carbonyl (C=O) groups is 1. The molecule has 0 aliphatic carbocycles. The number of halogens is 1. The Morgan fingerprint density at radius 1 is 1.27 bits per heavy atom. The van der Waals surface area contributed by atoms with E-state index in [1.165, 1.54) is 0 Å². The lowest BCUT2D eigenvalue weighted by Crippen LogP contribution is -2.42. The number of amides is 1. The summed E-state index contributed by atoms with van der Waals surface area (Å²) in [5.41, 5.74) is 0.131. The minimum atomic E-state index is -0.459. The number of aromatic amines is 1. The predicted octanol–water partition coefficient (Wildman–Crippen LogP) is 1.25. The fourth-order valence-corrected chi connectivity index (χ4v) is 3.29. The summed E-state index contributed by atoms with van der Waals surface area (Å²) >= 11 is 0. The number of carbonyl (C=O) groups excluding carboxylic acids is 1. The zero-order valence-electron chi connectivity index (χ0n) is 15.1. The molecule has 1 fully saturated rings. The van der Waals surface area contributed by atoms with Crippen LogP contribution in [0.25, 0.3) is 10.9 Å². The molecule has 0 spiro atoms. The number of fused-ring (bicyclic) bond motifs is 1. The monoisotopic (exact) mass is 380 g/mol. The maximum Gasteiger partial charge on any atom is 0.328 e. The first-order valence-corrected chi connectivity index (χ1v) is 8.69. The summed E-state index contributed by atoms with van der Waals surface area (Å²) in [6.45, 7) is 6.77. The maximum absolute atomic E-state index is 12.5. The molecule has 0 atom stereocenters. The van der Waals surface area contributed by atoms with Crippen molar-refractivity contribution in [2.75, 3.05) is 19.6 Å². The number of rotatable bonds is 4. The highest BCUT2D eigenvalue weighted by Gasteiger charge is 2.27. The van der Waals surface area contributed by atoms with Gasteiger partial charge in [0.25, 0.3) is 11.5 Å². The minimum absolute atomic E-state index is 0. The second kappa shape index (κ2) is 8.05. The van der Waals surface area contributed by atoms with Gasteiger partial charge >= 0.3 is 5.69 Å². The molecule has 0 bridgehead atoms. The summed E-state index contributed by atoms with van der Waals surface area (Å²) in [7, 11) is 0. The first-order chi connectivity index (χ1) is 11.9. The Bertz CT molecular complexity index is 913. The fourth-order valence-electron chi connectivity index (χ4n) is 3.29. The van der Waals surface area contributed by atoms with E-state index in [0.717, 1.165) is 30.5 Å². The quantitative estimate of drug-likeness (QED) is 0.743. The number of benzene rings is 1. The van der Waals surface area contributed by atoms with Crippen LogP contribution in [-0.2, 0) is 6.54 Å². The molecule has 1 aromatic carbocycles. The van der Waals surface area contributed by atoms with Crippen LogP contribution in [0.2, 0.25) is 0 Å². The molecule has 1 aliphatic rings. The summed E-state index contributed by atoms with van der Waals surface area (Å²) in [6, 6.07) is 4.79. The predicted molar refractivity (Wildman–Crippen MR) is 104 cm³/mol. The van der Waals surface area contributed by atoms with Crippen molar-refractivity contribution in [2.45, 2.75) is 33.2 Å². The van der Waals surface area contributed by atoms with Gasteiger partial charge in [0.2, 0.25) is 0 Å². The summed E-state index contributed by atoms with van der Waals surface area (Å²) < 4.78 is 1.14. The number of piperidine rings is 1. The van der Waals surface area contributed by atoms with Gasteiger partial charge in [0.05, 0.1) is 10.9 Å². The fraction of sp³-hybridized carbons (Fsp3) is 0.500. The molecule has 2 heterocycles. The number of hydrogen-bond donors (Lipinski definition) is 3. The highest BCUT2D eigenvalue weighted by atomic mass is 35.5. The molecule has 142 valence electrons. The number of hydrogen-bond acceptors (Lipinski definition) is 4. The Labute approximate surface area is 157 Å². The maximum atomic E-state index is 12.5. The summed E-state index contributed by atoms with van der Waals surface area (Å²) in [5, 5.41) is 6.71. The molecule has 2 aromatic rings. The van der Waals surface area contributed by atoms with Crippen molar-refractivity contribution in [2.24, 2.45) is 5.41 Å². The van der Waals surface area contributed by atoms with Crippen LogP contribution in [0.4, 0.5) is 0 Å². The molecule has 1 amide bonds. The lowest BCUT2D eigenvalue weighted by Gasteiger charge is -2.34. The topological polar surface area (TPSA) is 96.0 Å². The third-order valence-electron chi connectivity index (χ3n) is 5.05. The molecule has 7 nitrogen and oxygen atoms in total. The molecule has 3 rings (SSSR count). The molecule has 1 saturated heterocycles. The van der Waals surface area contributed by atoms with E-state index < -0.39 is 5.69 Å². The van der Waals surface area contributed by atoms with E-state index in [9.17, 15) is 14.4 Å². The van der Waals surface area contributed by atoms with E-state index in [1.54, 1.807) is 25.1 Å². The third-order valence-corrected chi connectivity index (χ3v) is 5.05. The lowest BCUT2D eigenvalue weighted by molar-refractivity contribution is 0.0922. The van der Waals surface area contributed by atoms with Gasteiger partial charge < -0.3 is 15.6 Å². The van der Waals surface area contributed by atoms with Gasteiger partial charge in [0, 0.05) is 18.7 Å². The van der Waals surface area contributed by atoms with Gasteiger partial charge in [-0.3, -0.25) is 14.2 Å². The summed E-state index contributed by atoms with van der Waals surface area (Å²) in [6.07, 6.45) is 2.05. The molecular weight excluding hydrogens is 356 g/mol. The zero-order valence-corrected chi connectivity index (χ0v) is 15.9. The zero-order chi connectivity index (χ0) is 18.0. The Morgan fingerprint density at radius 3 is 2.62 bits per heavy atom. The molecule has 0 unspecified atom stereocenters. The van der Waals surface area contributed by atoms with Gasteiger partial charge in [-0.1, -0.05) is 6.92 Å². The van der Waals surface area contributed by atoms with Crippen LogP contribution < -0.4 is 21.9 Å². The van der Waals surface area contributed by atoms with Crippen LogP contribution in [0.1, 0.15) is 37.0 Å². The first-order valence-electron chi connectivity index (χ1n) is 8.69. The molecule has 0 saturated carbocycles. The van der Waals surface area contributed by atoms with E-state index >= 15 is 0 Å². The number of H-pyrrole nitrogens is 1. The normalized spacial score (nSPS) is 16.1. The molecule has 8 heteroatoms. The average molecular weight is 381 g/mol. The Hall–Kier alpha value is -2.12. The SMILES string of the molecule is CCn1c(=O)[nH]c2cc(C(=O)NCC3(C)CCNCC3)ccc2c1=O.Cl. The van der Waals surface area contributed by atoms with Gasteiger partial charge in [-0.25, -0.2) is 4.79 Å². The number of nitrogens with zero attached hydrogens (tertiary/aromatic N) is 1. The smallest absolute Gasteiger partial charge is 0.328 e. The van der Waals surface area contributed by atoms with Crippen molar-refractivity contribution in [1.82, 2.24) is 20.2 Å². The number of aromatic nitrogens is 2. The van der Waals surface area contributed by atoms with Crippen molar-refractivity contribution < 1.29 is 4.79 Å². The molecule has 26 heavy (non-hydrogen) atoms. The molecule has 3 N–H and O–H groups in total. The summed E-state index contributed by atoms with van der Waals surface area (Å²) in [5.74, 6) is -0.192. The van der Waals surface area contributed by atoms with E-state index in [1.807, 2.05) is 0 Å². The van der Waals surface area contributed by atoms with Crippen molar-refractivity contribution in [1.29, 1.82) is 0 Å². The van der Waals surface area contributed by atoms with E-state index in [0.29, 0.717) is 29.6 Å². The van der Waals surface area contributed by atoms with E-state index in [4.69, 9.17) is 0 Å². The van der Waals surface area contributed by atoms with Gasteiger partial charge in [-0.15, -0.1) is 12.4 Å². The molecule has 1 aromatic heterocycles. The van der Waals surface area contributed by atoms with Gasteiger partial charge in [0.15, 0.2) is 0 Å². The van der Waals surface area contributed by atoms with Crippen LogP contribution >= 0.6 is 12.4 Å². The van der Waals surface area contributed by atoms with E-state index in [-0.39, 0.29) is 29.3 Å². The molecular formula is C18H25ClN4O3. The molecule has 0 radical (unpaired) electrons. The van der Waals surface area contributed by atoms with Crippen molar-refractivity contribution in [3.05, 3.63) is 44.6 Å². The van der Waals surface area contributed by atoms with Crippen LogP contribution in [0, 0.1) is 5.41 Å². The standard InChI is InChI=1S/C18H24N4O3.ClH/c1-3-22-16(24)13-5-4-12(10-14(13)21-17(22)25)15(23)20-11-18(2)6-8-19-9-7-18;/h4-5,10,19H,3,6-9,11H2,1-2H3,(H,20,23)(H,21,25);1H. The lowest BCUT2D eigenvalue weighted by atomic mass is 9.81. The third kappa shape index (κ3) is 3.99. The van der Waals surface area contributed by atoms with Crippen LogP contribution in [0.3, 0.4) is 0 Å². The van der Waals surface area contributed by atoms with Crippen LogP contribution in [0.15, 0.2) is 27.8 Å². The van der Waals surface area contributed by atoms with Gasteiger partial charge in [-0.05, 0) is 56.5 Å². The van der Waals surface area contributed by atoms with Gasteiger partial charge in [-0.2, -0.15) is 0 Å². The summed E-state index contributed by atoms with van der Waals surface area (Å²) in [4.78, 5) is 39.4. The average Bonchev–Trinajstić information content (AvgIpc) is 2.60.